The van der Waals surface area contributed by atoms with E-state index in [9.17, 15) is 0 Å². The molecule has 1 aliphatic heterocycles. The van der Waals surface area contributed by atoms with Crippen molar-refractivity contribution in [1.29, 1.82) is 0 Å². The summed E-state index contributed by atoms with van der Waals surface area (Å²) in [5, 5.41) is 3.23. The highest BCUT2D eigenvalue weighted by atomic mass is 79.9. The second-order valence-corrected chi connectivity index (χ2v) is 5.17. The molecule has 0 atom stereocenters. The maximum absolute atomic E-state index is 5.50. The molecule has 0 aliphatic carbocycles. The molecule has 3 nitrogen and oxygen atoms in total. The summed E-state index contributed by atoms with van der Waals surface area (Å²) in [5.41, 5.74) is 2.66. The summed E-state index contributed by atoms with van der Waals surface area (Å²) in [7, 11) is 1.98. The average Bonchev–Trinajstić information content (AvgIpc) is 2.58. The van der Waals surface area contributed by atoms with Crippen LogP contribution in [0.2, 0.25) is 0 Å². The lowest BCUT2D eigenvalue weighted by atomic mass is 10.1. The monoisotopic (exact) mass is 298 g/mol. The number of benzene rings is 1. The minimum Gasteiger partial charge on any atom is -0.380 e. The van der Waals surface area contributed by atoms with Gasteiger partial charge in [-0.25, -0.2) is 0 Å². The standard InChI is InChI=1S/C13H19BrN2O/c1-15-10-11-9-12(14)3-4-13(11)16-5-2-7-17-8-6-16/h3-4,9,15H,2,5-8,10H2,1H3. The number of ether oxygens (including phenoxy) is 1. The van der Waals surface area contributed by atoms with Crippen molar-refractivity contribution in [1.82, 2.24) is 5.32 Å². The number of hydrogen-bond acceptors (Lipinski definition) is 3. The number of nitrogens with one attached hydrogen (secondary N) is 1. The number of anilines is 1. The van der Waals surface area contributed by atoms with Crippen LogP contribution in [0.1, 0.15) is 12.0 Å². The highest BCUT2D eigenvalue weighted by Gasteiger charge is 2.13. The van der Waals surface area contributed by atoms with Crippen LogP contribution in [0.4, 0.5) is 5.69 Å². The van der Waals surface area contributed by atoms with Crippen LogP contribution in [0.3, 0.4) is 0 Å². The van der Waals surface area contributed by atoms with Crippen molar-refractivity contribution in [3.05, 3.63) is 28.2 Å². The quantitative estimate of drug-likeness (QED) is 0.927. The first kappa shape index (κ1) is 12.9. The summed E-state index contributed by atoms with van der Waals surface area (Å²) in [4.78, 5) is 2.42. The second-order valence-electron chi connectivity index (χ2n) is 4.26. The van der Waals surface area contributed by atoms with Crippen LogP contribution < -0.4 is 10.2 Å². The van der Waals surface area contributed by atoms with Crippen molar-refractivity contribution in [3.63, 3.8) is 0 Å². The Balaban J connectivity index is 2.22. The zero-order valence-corrected chi connectivity index (χ0v) is 11.8. The lowest BCUT2D eigenvalue weighted by Gasteiger charge is -2.25. The zero-order chi connectivity index (χ0) is 12.1. The third-order valence-corrected chi connectivity index (χ3v) is 3.46. The van der Waals surface area contributed by atoms with Gasteiger partial charge in [0.25, 0.3) is 0 Å². The molecule has 0 bridgehead atoms. The van der Waals surface area contributed by atoms with Crippen molar-refractivity contribution in [3.8, 4) is 0 Å². The van der Waals surface area contributed by atoms with Gasteiger partial charge < -0.3 is 15.0 Å². The van der Waals surface area contributed by atoms with Gasteiger partial charge in [-0.1, -0.05) is 15.9 Å². The third kappa shape index (κ3) is 3.44. The fraction of sp³-hybridized carbons (Fsp3) is 0.538. The first-order valence-corrected chi connectivity index (χ1v) is 6.86. The molecule has 1 heterocycles. The molecule has 1 N–H and O–H groups in total. The van der Waals surface area contributed by atoms with E-state index in [0.717, 1.165) is 43.7 Å². The van der Waals surface area contributed by atoms with Crippen molar-refractivity contribution >= 4 is 21.6 Å². The first-order valence-electron chi connectivity index (χ1n) is 6.07. The normalized spacial score (nSPS) is 16.9. The zero-order valence-electron chi connectivity index (χ0n) is 10.2. The number of rotatable bonds is 3. The molecule has 0 saturated carbocycles. The largest absolute Gasteiger partial charge is 0.380 e. The van der Waals surface area contributed by atoms with Gasteiger partial charge in [-0.3, -0.25) is 0 Å². The Labute approximate surface area is 111 Å². The van der Waals surface area contributed by atoms with Gasteiger partial charge in [0.15, 0.2) is 0 Å². The van der Waals surface area contributed by atoms with Gasteiger partial charge in [0.2, 0.25) is 0 Å². The van der Waals surface area contributed by atoms with Crippen molar-refractivity contribution < 1.29 is 4.74 Å². The Kier molecular flexibility index (Phi) is 4.83. The van der Waals surface area contributed by atoms with Gasteiger partial charge in [-0.2, -0.15) is 0 Å². The Morgan fingerprint density at radius 1 is 1.35 bits per heavy atom. The van der Waals surface area contributed by atoms with Crippen LogP contribution in [0.15, 0.2) is 22.7 Å². The van der Waals surface area contributed by atoms with Crippen LogP contribution in [-0.4, -0.2) is 33.4 Å². The summed E-state index contributed by atoms with van der Waals surface area (Å²) in [6, 6.07) is 6.50. The topological polar surface area (TPSA) is 24.5 Å². The van der Waals surface area contributed by atoms with E-state index in [-0.39, 0.29) is 0 Å². The van der Waals surface area contributed by atoms with Crippen LogP contribution in [-0.2, 0) is 11.3 Å². The van der Waals surface area contributed by atoms with E-state index < -0.39 is 0 Å². The van der Waals surface area contributed by atoms with Gasteiger partial charge >= 0.3 is 0 Å². The predicted octanol–water partition coefficient (Wildman–Crippen LogP) is 2.40. The molecule has 17 heavy (non-hydrogen) atoms. The van der Waals surface area contributed by atoms with Gasteiger partial charge in [0.1, 0.15) is 0 Å². The molecule has 0 spiro atoms. The molecule has 0 radical (unpaired) electrons. The Morgan fingerprint density at radius 3 is 3.06 bits per heavy atom. The minimum absolute atomic E-state index is 0.828. The van der Waals surface area contributed by atoms with E-state index in [1.165, 1.54) is 11.3 Å². The molecule has 1 aromatic rings. The van der Waals surface area contributed by atoms with Crippen LogP contribution >= 0.6 is 15.9 Å². The van der Waals surface area contributed by atoms with E-state index in [2.05, 4.69) is 44.3 Å². The fourth-order valence-electron chi connectivity index (χ4n) is 2.18. The number of hydrogen-bond donors (Lipinski definition) is 1. The molecule has 1 fully saturated rings. The maximum atomic E-state index is 5.50. The number of nitrogens with zero attached hydrogens (tertiary/aromatic N) is 1. The van der Waals surface area contributed by atoms with Gasteiger partial charge in [-0.15, -0.1) is 0 Å². The van der Waals surface area contributed by atoms with E-state index in [1.54, 1.807) is 0 Å². The molecule has 94 valence electrons. The lowest BCUT2D eigenvalue weighted by Crippen LogP contribution is -2.27. The van der Waals surface area contributed by atoms with Crippen LogP contribution in [0.5, 0.6) is 0 Å². The predicted molar refractivity (Wildman–Crippen MR) is 74.6 cm³/mol. The highest BCUT2D eigenvalue weighted by molar-refractivity contribution is 9.10. The molecular formula is C13H19BrN2O. The van der Waals surface area contributed by atoms with Gasteiger partial charge in [-0.05, 0) is 37.2 Å². The molecule has 1 aromatic carbocycles. The smallest absolute Gasteiger partial charge is 0.0641 e. The van der Waals surface area contributed by atoms with E-state index >= 15 is 0 Å². The number of halogens is 1. The SMILES string of the molecule is CNCc1cc(Br)ccc1N1CCCOCC1. The molecule has 0 aromatic heterocycles. The highest BCUT2D eigenvalue weighted by Crippen LogP contribution is 2.25. The minimum atomic E-state index is 0.828. The van der Waals surface area contributed by atoms with E-state index in [1.807, 2.05) is 7.05 Å². The average molecular weight is 299 g/mol. The lowest BCUT2D eigenvalue weighted by molar-refractivity contribution is 0.152. The van der Waals surface area contributed by atoms with Crippen molar-refractivity contribution in [2.45, 2.75) is 13.0 Å². The van der Waals surface area contributed by atoms with Gasteiger partial charge in [0.05, 0.1) is 6.61 Å². The Bertz CT molecular complexity index is 362. The summed E-state index contributed by atoms with van der Waals surface area (Å²) in [6.45, 7) is 4.67. The fourth-order valence-corrected chi connectivity index (χ4v) is 2.59. The van der Waals surface area contributed by atoms with Crippen molar-refractivity contribution in [2.75, 3.05) is 38.3 Å². The molecular weight excluding hydrogens is 280 g/mol. The maximum Gasteiger partial charge on any atom is 0.0641 e. The third-order valence-electron chi connectivity index (χ3n) is 2.97. The van der Waals surface area contributed by atoms with Crippen LogP contribution in [0.25, 0.3) is 0 Å². The molecule has 1 saturated heterocycles. The second kappa shape index (κ2) is 6.38. The Morgan fingerprint density at radius 2 is 2.24 bits per heavy atom. The molecule has 0 amide bonds. The molecule has 2 rings (SSSR count). The first-order chi connectivity index (χ1) is 8.31. The summed E-state index contributed by atoms with van der Waals surface area (Å²) < 4.78 is 6.64. The van der Waals surface area contributed by atoms with Crippen LogP contribution in [0, 0.1) is 0 Å². The molecule has 4 heteroatoms. The summed E-state index contributed by atoms with van der Waals surface area (Å²) >= 11 is 3.53. The van der Waals surface area contributed by atoms with E-state index in [4.69, 9.17) is 4.74 Å². The van der Waals surface area contributed by atoms with Gasteiger partial charge in [0, 0.05) is 36.4 Å². The summed E-state index contributed by atoms with van der Waals surface area (Å²) in [6.07, 6.45) is 1.11. The molecule has 0 unspecified atom stereocenters. The van der Waals surface area contributed by atoms with E-state index in [0.29, 0.717) is 0 Å². The Hall–Kier alpha value is -0.580. The summed E-state index contributed by atoms with van der Waals surface area (Å²) in [5.74, 6) is 0. The molecule has 1 aliphatic rings. The van der Waals surface area contributed by atoms with Crippen molar-refractivity contribution in [2.24, 2.45) is 0 Å².